The number of hydrogen-bond donors (Lipinski definition) is 1. The molecule has 0 aromatic carbocycles. The Bertz CT molecular complexity index is 367. The molecule has 1 aromatic heterocycles. The van der Waals surface area contributed by atoms with Crippen molar-refractivity contribution in [2.45, 2.75) is 38.2 Å². The molecule has 0 radical (unpaired) electrons. The molecule has 3 heteroatoms. The lowest BCUT2D eigenvalue weighted by atomic mass is 10.0. The van der Waals surface area contributed by atoms with Crippen LogP contribution in [0.3, 0.4) is 0 Å². The average Bonchev–Trinajstić information content (AvgIpc) is 2.71. The van der Waals surface area contributed by atoms with E-state index < -0.39 is 5.60 Å². The van der Waals surface area contributed by atoms with Gasteiger partial charge < -0.3 is 5.11 Å². The second-order valence-electron chi connectivity index (χ2n) is 4.89. The number of thiophene rings is 1. The molecule has 1 aromatic rings. The first-order valence-electron chi connectivity index (χ1n) is 5.63. The second kappa shape index (κ2) is 3.31. The number of aliphatic hydroxyl groups is 1. The predicted octanol–water partition coefficient (Wildman–Crippen LogP) is 3.83. The van der Waals surface area contributed by atoms with E-state index in [4.69, 9.17) is 0 Å². The van der Waals surface area contributed by atoms with Gasteiger partial charge in [-0.1, -0.05) is 12.8 Å². The fourth-order valence-electron chi connectivity index (χ4n) is 3.12. The largest absolute Gasteiger partial charge is 0.384 e. The first-order chi connectivity index (χ1) is 7.14. The van der Waals surface area contributed by atoms with Crippen LogP contribution in [0.15, 0.2) is 9.85 Å². The maximum Gasteiger partial charge on any atom is 0.105 e. The summed E-state index contributed by atoms with van der Waals surface area (Å²) in [5, 5.41) is 10.7. The lowest BCUT2D eigenvalue weighted by Crippen LogP contribution is -2.07. The van der Waals surface area contributed by atoms with E-state index in [1.807, 2.05) is 0 Å². The number of aryl methyl sites for hydroxylation is 1. The van der Waals surface area contributed by atoms with Crippen molar-refractivity contribution in [2.75, 3.05) is 0 Å². The van der Waals surface area contributed by atoms with Crippen LogP contribution in [-0.2, 0) is 5.60 Å². The Morgan fingerprint density at radius 3 is 2.47 bits per heavy atom. The summed E-state index contributed by atoms with van der Waals surface area (Å²) in [6.07, 6.45) is 5.04. The van der Waals surface area contributed by atoms with Crippen molar-refractivity contribution >= 4 is 27.3 Å². The zero-order valence-electron chi connectivity index (χ0n) is 8.79. The molecule has 0 bridgehead atoms. The summed E-state index contributed by atoms with van der Waals surface area (Å²) < 4.78 is 1.18. The molecule has 2 aliphatic rings. The Hall–Kier alpha value is 0.140. The summed E-state index contributed by atoms with van der Waals surface area (Å²) in [6.45, 7) is 2.10. The summed E-state index contributed by atoms with van der Waals surface area (Å²) >= 11 is 5.26. The van der Waals surface area contributed by atoms with Gasteiger partial charge in [-0.05, 0) is 59.2 Å². The van der Waals surface area contributed by atoms with Gasteiger partial charge in [-0.25, -0.2) is 0 Å². The first-order valence-corrected chi connectivity index (χ1v) is 7.23. The fourth-order valence-corrected chi connectivity index (χ4v) is 4.87. The van der Waals surface area contributed by atoms with E-state index in [-0.39, 0.29) is 0 Å². The minimum absolute atomic E-state index is 0.460. The van der Waals surface area contributed by atoms with Crippen LogP contribution in [0.4, 0.5) is 0 Å². The molecule has 3 rings (SSSR count). The van der Waals surface area contributed by atoms with Crippen molar-refractivity contribution in [3.05, 3.63) is 20.3 Å². The Labute approximate surface area is 103 Å². The lowest BCUT2D eigenvalue weighted by Gasteiger charge is -2.06. The number of hydrogen-bond acceptors (Lipinski definition) is 2. The normalized spacial score (nSPS) is 38.9. The molecule has 2 saturated carbocycles. The highest BCUT2D eigenvalue weighted by molar-refractivity contribution is 9.11. The predicted molar refractivity (Wildman–Crippen MR) is 66.1 cm³/mol. The maximum absolute atomic E-state index is 10.7. The molecular weight excluding hydrogens is 272 g/mol. The van der Waals surface area contributed by atoms with Gasteiger partial charge in [0.15, 0.2) is 0 Å². The molecule has 2 atom stereocenters. The standard InChI is InChI=1S/C12H15BrOS/c1-7-6-10(15-11(7)13)12(14)8-4-2-3-5-9(8)12/h6,8-9,14H,2-5H2,1H3. The Kier molecular flexibility index (Phi) is 2.28. The molecule has 15 heavy (non-hydrogen) atoms. The molecule has 1 heterocycles. The van der Waals surface area contributed by atoms with Crippen LogP contribution in [0, 0.1) is 18.8 Å². The van der Waals surface area contributed by atoms with E-state index in [0.29, 0.717) is 11.8 Å². The van der Waals surface area contributed by atoms with Gasteiger partial charge in [-0.3, -0.25) is 0 Å². The van der Waals surface area contributed by atoms with Crippen LogP contribution in [0.1, 0.15) is 36.1 Å². The van der Waals surface area contributed by atoms with Crippen LogP contribution < -0.4 is 0 Å². The molecule has 0 spiro atoms. The van der Waals surface area contributed by atoms with Gasteiger partial charge in [0, 0.05) is 4.88 Å². The van der Waals surface area contributed by atoms with Crippen molar-refractivity contribution in [3.63, 3.8) is 0 Å². The third-order valence-electron chi connectivity index (χ3n) is 4.04. The van der Waals surface area contributed by atoms with Crippen LogP contribution in [0.2, 0.25) is 0 Å². The summed E-state index contributed by atoms with van der Waals surface area (Å²) in [4.78, 5) is 1.18. The minimum Gasteiger partial charge on any atom is -0.384 e. The Morgan fingerprint density at radius 2 is 2.00 bits per heavy atom. The second-order valence-corrected chi connectivity index (χ2v) is 7.26. The van der Waals surface area contributed by atoms with Gasteiger partial charge in [0.25, 0.3) is 0 Å². The number of rotatable bonds is 1. The van der Waals surface area contributed by atoms with Gasteiger partial charge >= 0.3 is 0 Å². The summed E-state index contributed by atoms with van der Waals surface area (Å²) in [5.41, 5.74) is 0.796. The molecular formula is C12H15BrOS. The van der Waals surface area contributed by atoms with Gasteiger partial charge in [-0.15, -0.1) is 11.3 Å². The molecule has 82 valence electrons. The van der Waals surface area contributed by atoms with Crippen molar-refractivity contribution in [2.24, 2.45) is 11.8 Å². The minimum atomic E-state index is -0.460. The lowest BCUT2D eigenvalue weighted by molar-refractivity contribution is 0.122. The smallest absolute Gasteiger partial charge is 0.105 e. The third-order valence-corrected chi connectivity index (χ3v) is 6.32. The van der Waals surface area contributed by atoms with Gasteiger partial charge in [0.2, 0.25) is 0 Å². The third kappa shape index (κ3) is 1.36. The fraction of sp³-hybridized carbons (Fsp3) is 0.667. The van der Waals surface area contributed by atoms with Gasteiger partial charge in [0.05, 0.1) is 3.79 Å². The van der Waals surface area contributed by atoms with E-state index in [1.54, 1.807) is 11.3 Å². The monoisotopic (exact) mass is 286 g/mol. The Morgan fingerprint density at radius 1 is 1.40 bits per heavy atom. The van der Waals surface area contributed by atoms with Crippen molar-refractivity contribution < 1.29 is 5.11 Å². The van der Waals surface area contributed by atoms with Crippen molar-refractivity contribution in [1.29, 1.82) is 0 Å². The van der Waals surface area contributed by atoms with Gasteiger partial charge in [0.1, 0.15) is 5.60 Å². The Balaban J connectivity index is 1.94. The molecule has 2 aliphatic carbocycles. The highest BCUT2D eigenvalue weighted by atomic mass is 79.9. The van der Waals surface area contributed by atoms with Gasteiger partial charge in [-0.2, -0.15) is 0 Å². The van der Waals surface area contributed by atoms with Crippen LogP contribution in [0.25, 0.3) is 0 Å². The topological polar surface area (TPSA) is 20.2 Å². The molecule has 2 unspecified atom stereocenters. The van der Waals surface area contributed by atoms with Crippen LogP contribution in [-0.4, -0.2) is 5.11 Å². The SMILES string of the molecule is Cc1cc(C2(O)C3CCCCC32)sc1Br. The quantitative estimate of drug-likeness (QED) is 0.832. The van der Waals surface area contributed by atoms with Crippen LogP contribution >= 0.6 is 27.3 Å². The van der Waals surface area contributed by atoms with E-state index in [2.05, 4.69) is 28.9 Å². The number of fused-ring (bicyclic) bond motifs is 1. The highest BCUT2D eigenvalue weighted by Gasteiger charge is 2.65. The summed E-state index contributed by atoms with van der Waals surface area (Å²) in [5.74, 6) is 1.10. The summed E-state index contributed by atoms with van der Waals surface area (Å²) in [7, 11) is 0. The molecule has 0 amide bonds. The van der Waals surface area contributed by atoms with E-state index in [0.717, 1.165) is 0 Å². The first kappa shape index (κ1) is 10.3. The molecule has 1 nitrogen and oxygen atoms in total. The molecule has 0 saturated heterocycles. The van der Waals surface area contributed by atoms with E-state index >= 15 is 0 Å². The molecule has 0 aliphatic heterocycles. The zero-order valence-corrected chi connectivity index (χ0v) is 11.2. The maximum atomic E-state index is 10.7. The molecule has 2 fully saturated rings. The highest BCUT2D eigenvalue weighted by Crippen LogP contribution is 2.65. The van der Waals surface area contributed by atoms with Crippen LogP contribution in [0.5, 0.6) is 0 Å². The summed E-state index contributed by atoms with van der Waals surface area (Å²) in [6, 6.07) is 2.16. The zero-order chi connectivity index (χ0) is 10.6. The van der Waals surface area contributed by atoms with E-state index in [9.17, 15) is 5.11 Å². The van der Waals surface area contributed by atoms with E-state index in [1.165, 1.54) is 39.9 Å². The number of halogens is 1. The average molecular weight is 287 g/mol. The molecule has 1 N–H and O–H groups in total. The van der Waals surface area contributed by atoms with Crippen molar-refractivity contribution in [1.82, 2.24) is 0 Å². The van der Waals surface area contributed by atoms with Crippen molar-refractivity contribution in [3.8, 4) is 0 Å².